The lowest BCUT2D eigenvalue weighted by Crippen LogP contribution is -2.36. The van der Waals surface area contributed by atoms with E-state index in [-0.39, 0.29) is 5.75 Å². The molecule has 0 fully saturated rings. The van der Waals surface area contributed by atoms with Crippen LogP contribution in [0, 0.1) is 6.92 Å². The molecule has 0 aliphatic rings. The first-order chi connectivity index (χ1) is 14.0. The van der Waals surface area contributed by atoms with Crippen molar-refractivity contribution in [3.63, 3.8) is 0 Å². The van der Waals surface area contributed by atoms with Gasteiger partial charge < -0.3 is 24.8 Å². The highest BCUT2D eigenvalue weighted by Gasteiger charge is 2.11. The van der Waals surface area contributed by atoms with E-state index in [1.54, 1.807) is 26.4 Å². The Morgan fingerprint density at radius 1 is 1.00 bits per heavy atom. The zero-order valence-corrected chi connectivity index (χ0v) is 17.1. The monoisotopic (exact) mass is 407 g/mol. The third-order valence-electron chi connectivity index (χ3n) is 4.09. The summed E-state index contributed by atoms with van der Waals surface area (Å²) in [6.45, 7) is 2.33. The van der Waals surface area contributed by atoms with Crippen LogP contribution in [0.3, 0.4) is 0 Å². The van der Waals surface area contributed by atoms with Crippen LogP contribution in [0.2, 0.25) is 0 Å². The summed E-state index contributed by atoms with van der Waals surface area (Å²) in [7, 11) is 3.16. The smallest absolute Gasteiger partial charge is 0.387 e. The van der Waals surface area contributed by atoms with Gasteiger partial charge in [0, 0.05) is 18.7 Å². The molecule has 0 aliphatic heterocycles. The van der Waals surface area contributed by atoms with Gasteiger partial charge in [-0.05, 0) is 37.6 Å². The Morgan fingerprint density at radius 3 is 2.38 bits per heavy atom. The van der Waals surface area contributed by atoms with Crippen molar-refractivity contribution >= 4 is 5.96 Å². The van der Waals surface area contributed by atoms with E-state index in [2.05, 4.69) is 20.4 Å². The second kappa shape index (κ2) is 11.1. The van der Waals surface area contributed by atoms with Crippen LogP contribution in [0.1, 0.15) is 23.6 Å². The summed E-state index contributed by atoms with van der Waals surface area (Å²) < 4.78 is 40.5. The Balaban J connectivity index is 2.11. The van der Waals surface area contributed by atoms with Crippen LogP contribution in [0.25, 0.3) is 0 Å². The standard InChI is InChI=1S/C21H27F2N3O3/c1-5-24-21(25-12-15-7-9-18(27-3)19(11-15)28-4)26-13-16-10-14(2)6-8-17(16)29-20(22)23/h6-11,20H,5,12-13H2,1-4H3,(H2,24,25,26). The molecule has 6 nitrogen and oxygen atoms in total. The number of aryl methyl sites for hydroxylation is 1. The highest BCUT2D eigenvalue weighted by Crippen LogP contribution is 2.27. The lowest BCUT2D eigenvalue weighted by atomic mass is 10.1. The van der Waals surface area contributed by atoms with E-state index < -0.39 is 6.61 Å². The number of nitrogens with zero attached hydrogens (tertiary/aromatic N) is 1. The minimum Gasteiger partial charge on any atom is -0.493 e. The molecular formula is C21H27F2N3O3. The molecule has 0 unspecified atom stereocenters. The Morgan fingerprint density at radius 2 is 1.72 bits per heavy atom. The van der Waals surface area contributed by atoms with E-state index in [1.807, 2.05) is 38.1 Å². The molecule has 0 bridgehead atoms. The number of ether oxygens (including phenoxy) is 3. The third-order valence-corrected chi connectivity index (χ3v) is 4.09. The van der Waals surface area contributed by atoms with Crippen LogP contribution in [0.4, 0.5) is 8.78 Å². The summed E-state index contributed by atoms with van der Waals surface area (Å²) in [5, 5.41) is 6.30. The topological polar surface area (TPSA) is 64.1 Å². The number of guanidine groups is 1. The predicted molar refractivity (Wildman–Crippen MR) is 109 cm³/mol. The second-order valence-electron chi connectivity index (χ2n) is 6.23. The number of methoxy groups -OCH3 is 2. The molecule has 0 atom stereocenters. The number of alkyl halides is 2. The maximum absolute atomic E-state index is 12.6. The van der Waals surface area contributed by atoms with Crippen molar-refractivity contribution in [2.75, 3.05) is 20.8 Å². The Bertz CT molecular complexity index is 829. The van der Waals surface area contributed by atoms with Crippen LogP contribution < -0.4 is 24.8 Å². The summed E-state index contributed by atoms with van der Waals surface area (Å²) in [5.41, 5.74) is 2.52. The molecule has 29 heavy (non-hydrogen) atoms. The van der Waals surface area contributed by atoms with Crippen LogP contribution in [-0.2, 0) is 13.1 Å². The first-order valence-corrected chi connectivity index (χ1v) is 9.24. The minimum atomic E-state index is -2.87. The summed E-state index contributed by atoms with van der Waals surface area (Å²) in [6, 6.07) is 10.7. The molecule has 0 spiro atoms. The van der Waals surface area contributed by atoms with E-state index in [9.17, 15) is 8.78 Å². The molecule has 0 saturated carbocycles. The van der Waals surface area contributed by atoms with Gasteiger partial charge in [0.15, 0.2) is 17.5 Å². The van der Waals surface area contributed by atoms with Crippen molar-refractivity contribution in [3.8, 4) is 17.2 Å². The molecule has 0 aromatic heterocycles. The molecule has 0 aliphatic carbocycles. The molecule has 0 heterocycles. The van der Waals surface area contributed by atoms with Gasteiger partial charge in [-0.15, -0.1) is 0 Å². The highest BCUT2D eigenvalue weighted by molar-refractivity contribution is 5.79. The van der Waals surface area contributed by atoms with Gasteiger partial charge in [0.2, 0.25) is 0 Å². The lowest BCUT2D eigenvalue weighted by molar-refractivity contribution is -0.0504. The largest absolute Gasteiger partial charge is 0.493 e. The maximum atomic E-state index is 12.6. The molecule has 2 N–H and O–H groups in total. The zero-order chi connectivity index (χ0) is 21.2. The Labute approximate surface area is 169 Å². The zero-order valence-electron chi connectivity index (χ0n) is 17.1. The number of halogens is 2. The Kier molecular flexibility index (Phi) is 8.51. The van der Waals surface area contributed by atoms with Crippen LogP contribution in [0.5, 0.6) is 17.2 Å². The average molecular weight is 407 g/mol. The predicted octanol–water partition coefficient (Wildman–Crippen LogP) is 3.87. The Hall–Kier alpha value is -3.03. The van der Waals surface area contributed by atoms with Gasteiger partial charge in [-0.3, -0.25) is 0 Å². The number of benzene rings is 2. The molecule has 2 rings (SSSR count). The highest BCUT2D eigenvalue weighted by atomic mass is 19.3. The van der Waals surface area contributed by atoms with E-state index >= 15 is 0 Å². The molecule has 158 valence electrons. The second-order valence-corrected chi connectivity index (χ2v) is 6.23. The van der Waals surface area contributed by atoms with Crippen LogP contribution in [-0.4, -0.2) is 33.3 Å². The molecule has 2 aromatic rings. The molecule has 0 radical (unpaired) electrons. The molecule has 0 saturated heterocycles. The summed E-state index contributed by atoms with van der Waals surface area (Å²) in [4.78, 5) is 4.55. The van der Waals surface area contributed by atoms with E-state index in [4.69, 9.17) is 9.47 Å². The number of nitrogens with one attached hydrogen (secondary N) is 2. The minimum absolute atomic E-state index is 0.147. The van der Waals surface area contributed by atoms with Crippen molar-refractivity contribution in [2.45, 2.75) is 33.5 Å². The van der Waals surface area contributed by atoms with Gasteiger partial charge >= 0.3 is 6.61 Å². The van der Waals surface area contributed by atoms with Gasteiger partial charge in [-0.1, -0.05) is 23.8 Å². The van der Waals surface area contributed by atoms with Gasteiger partial charge in [0.1, 0.15) is 5.75 Å². The molecule has 2 aromatic carbocycles. The summed E-state index contributed by atoms with van der Waals surface area (Å²) in [6.07, 6.45) is 0. The fraction of sp³-hybridized carbons (Fsp3) is 0.381. The van der Waals surface area contributed by atoms with Crippen LogP contribution >= 0.6 is 0 Å². The summed E-state index contributed by atoms with van der Waals surface area (Å²) >= 11 is 0. The average Bonchev–Trinajstić information content (AvgIpc) is 2.71. The summed E-state index contributed by atoms with van der Waals surface area (Å²) in [5.74, 6) is 1.99. The maximum Gasteiger partial charge on any atom is 0.387 e. The van der Waals surface area contributed by atoms with Gasteiger partial charge in [0.25, 0.3) is 0 Å². The normalized spacial score (nSPS) is 11.3. The van der Waals surface area contributed by atoms with Crippen molar-refractivity contribution in [2.24, 2.45) is 4.99 Å². The first-order valence-electron chi connectivity index (χ1n) is 9.24. The van der Waals surface area contributed by atoms with Crippen molar-refractivity contribution in [1.29, 1.82) is 0 Å². The lowest BCUT2D eigenvalue weighted by Gasteiger charge is -2.15. The van der Waals surface area contributed by atoms with Crippen LogP contribution in [0.15, 0.2) is 41.4 Å². The van der Waals surface area contributed by atoms with Crippen molar-refractivity contribution < 1.29 is 23.0 Å². The number of hydrogen-bond donors (Lipinski definition) is 2. The number of rotatable bonds is 9. The molecular weight excluding hydrogens is 380 g/mol. The quantitative estimate of drug-likeness (QED) is 0.488. The molecule has 0 amide bonds. The van der Waals surface area contributed by atoms with Gasteiger partial charge in [-0.2, -0.15) is 8.78 Å². The first kappa shape index (κ1) is 22.3. The molecule has 8 heteroatoms. The van der Waals surface area contributed by atoms with Crippen molar-refractivity contribution in [3.05, 3.63) is 53.1 Å². The van der Waals surface area contributed by atoms with Crippen molar-refractivity contribution in [1.82, 2.24) is 10.6 Å². The third kappa shape index (κ3) is 6.81. The SMILES string of the molecule is CCNC(=NCc1ccc(OC)c(OC)c1)NCc1cc(C)ccc1OC(F)F. The van der Waals surface area contributed by atoms with Gasteiger partial charge in [-0.25, -0.2) is 4.99 Å². The van der Waals surface area contributed by atoms with E-state index in [0.717, 1.165) is 11.1 Å². The number of aliphatic imine (C=N–C) groups is 1. The number of hydrogen-bond acceptors (Lipinski definition) is 4. The fourth-order valence-corrected chi connectivity index (χ4v) is 2.73. The van der Waals surface area contributed by atoms with E-state index in [0.29, 0.717) is 42.7 Å². The fourth-order valence-electron chi connectivity index (χ4n) is 2.73. The van der Waals surface area contributed by atoms with Gasteiger partial charge in [0.05, 0.1) is 20.8 Å². The van der Waals surface area contributed by atoms with E-state index in [1.165, 1.54) is 0 Å².